The van der Waals surface area contributed by atoms with Crippen LogP contribution in [-0.2, 0) is 5.72 Å². The number of amides is 1. The lowest BCUT2D eigenvalue weighted by molar-refractivity contribution is -0.0766. The number of hydrazone groups is 1. The van der Waals surface area contributed by atoms with Crippen LogP contribution in [0.4, 0.5) is 0 Å². The molecule has 0 fully saturated rings. The first-order valence-corrected chi connectivity index (χ1v) is 7.92. The summed E-state index contributed by atoms with van der Waals surface area (Å²) in [5.41, 5.74) is 0.311. The lowest BCUT2D eigenvalue weighted by atomic mass is 9.96. The molecular formula is C19H20N2O3. The van der Waals surface area contributed by atoms with E-state index < -0.39 is 5.72 Å². The Morgan fingerprint density at radius 1 is 1.21 bits per heavy atom. The Morgan fingerprint density at radius 3 is 2.54 bits per heavy atom. The molecule has 3 rings (SSSR count). The normalized spacial score (nSPS) is 20.0. The van der Waals surface area contributed by atoms with Gasteiger partial charge in [0.2, 0.25) is 0 Å². The van der Waals surface area contributed by atoms with Crippen molar-refractivity contribution in [2.75, 3.05) is 7.11 Å². The Balaban J connectivity index is 2.05. The Morgan fingerprint density at radius 2 is 1.88 bits per heavy atom. The van der Waals surface area contributed by atoms with E-state index in [1.54, 1.807) is 36.4 Å². The highest BCUT2D eigenvalue weighted by Crippen LogP contribution is 2.37. The molecule has 5 nitrogen and oxygen atoms in total. The molecule has 1 heterocycles. The van der Waals surface area contributed by atoms with Crippen LogP contribution in [-0.4, -0.2) is 28.8 Å². The van der Waals surface area contributed by atoms with E-state index in [0.717, 1.165) is 5.71 Å². The average Bonchev–Trinajstić information content (AvgIpc) is 3.00. The number of nitrogens with zero attached hydrogens (tertiary/aromatic N) is 2. The summed E-state index contributed by atoms with van der Waals surface area (Å²) < 4.78 is 5.28. The molecule has 0 unspecified atom stereocenters. The lowest BCUT2D eigenvalue weighted by Crippen LogP contribution is -2.43. The van der Waals surface area contributed by atoms with Crippen LogP contribution < -0.4 is 4.74 Å². The van der Waals surface area contributed by atoms with E-state index in [0.29, 0.717) is 29.7 Å². The molecule has 1 aliphatic rings. The molecule has 0 spiro atoms. The molecule has 124 valence electrons. The topological polar surface area (TPSA) is 62.1 Å². The van der Waals surface area contributed by atoms with Crippen molar-refractivity contribution >= 4 is 11.6 Å². The maximum atomic E-state index is 13.1. The van der Waals surface area contributed by atoms with Crippen molar-refractivity contribution in [2.24, 2.45) is 5.10 Å². The first-order valence-electron chi connectivity index (χ1n) is 7.92. The number of benzene rings is 2. The van der Waals surface area contributed by atoms with Gasteiger partial charge in [0, 0.05) is 17.7 Å². The Bertz CT molecular complexity index is 773. The number of hydrogen-bond acceptors (Lipinski definition) is 4. The second kappa shape index (κ2) is 6.45. The minimum Gasteiger partial charge on any atom is -0.496 e. The molecule has 24 heavy (non-hydrogen) atoms. The molecule has 0 bridgehead atoms. The van der Waals surface area contributed by atoms with Crippen molar-refractivity contribution in [3.8, 4) is 5.75 Å². The molecule has 2 aromatic rings. The van der Waals surface area contributed by atoms with Gasteiger partial charge in [0.05, 0.1) is 12.7 Å². The summed E-state index contributed by atoms with van der Waals surface area (Å²) >= 11 is 0. The molecule has 1 amide bonds. The maximum Gasteiger partial charge on any atom is 0.280 e. The number of aliphatic hydroxyl groups is 1. The molecule has 2 aromatic carbocycles. The van der Waals surface area contributed by atoms with E-state index in [1.165, 1.54) is 12.1 Å². The van der Waals surface area contributed by atoms with E-state index in [9.17, 15) is 9.90 Å². The molecule has 0 saturated heterocycles. The fourth-order valence-corrected chi connectivity index (χ4v) is 2.89. The fourth-order valence-electron chi connectivity index (χ4n) is 2.89. The summed E-state index contributed by atoms with van der Waals surface area (Å²) in [4.78, 5) is 13.1. The van der Waals surface area contributed by atoms with Crippen molar-refractivity contribution in [2.45, 2.75) is 25.5 Å². The van der Waals surface area contributed by atoms with Crippen molar-refractivity contribution < 1.29 is 14.6 Å². The predicted octanol–water partition coefficient (Wildman–Crippen LogP) is 3.15. The van der Waals surface area contributed by atoms with Gasteiger partial charge in [-0.1, -0.05) is 49.4 Å². The molecule has 1 aliphatic heterocycles. The van der Waals surface area contributed by atoms with Gasteiger partial charge in [-0.05, 0) is 18.6 Å². The van der Waals surface area contributed by atoms with Crippen molar-refractivity contribution in [1.82, 2.24) is 5.01 Å². The van der Waals surface area contributed by atoms with E-state index in [-0.39, 0.29) is 5.91 Å². The summed E-state index contributed by atoms with van der Waals surface area (Å²) in [6.07, 6.45) is 0.971. The van der Waals surface area contributed by atoms with Crippen LogP contribution in [0.3, 0.4) is 0 Å². The zero-order chi connectivity index (χ0) is 17.2. The smallest absolute Gasteiger partial charge is 0.280 e. The SMILES string of the molecule is CCC1=NN(C(=O)c2ccccc2OC)[C@](O)(c2ccccc2)C1. The number of methoxy groups -OCH3 is 1. The summed E-state index contributed by atoms with van der Waals surface area (Å²) in [5.74, 6) is 0.0697. The standard InChI is InChI=1S/C19H20N2O3/c1-3-15-13-19(23,14-9-5-4-6-10-14)21(20-15)18(22)16-11-7-8-12-17(16)24-2/h4-12,23H,3,13H2,1-2H3/t19-/m1/s1. The minimum absolute atomic E-state index is 0.300. The van der Waals surface area contributed by atoms with Gasteiger partial charge in [0.15, 0.2) is 5.72 Å². The van der Waals surface area contributed by atoms with Gasteiger partial charge in [0.1, 0.15) is 5.75 Å². The number of ether oxygens (including phenoxy) is 1. The second-order valence-electron chi connectivity index (χ2n) is 5.70. The molecular weight excluding hydrogens is 304 g/mol. The quantitative estimate of drug-likeness (QED) is 0.940. The van der Waals surface area contributed by atoms with Gasteiger partial charge in [-0.15, -0.1) is 0 Å². The average molecular weight is 324 g/mol. The third kappa shape index (κ3) is 2.67. The van der Waals surface area contributed by atoms with Gasteiger partial charge in [-0.3, -0.25) is 4.79 Å². The van der Waals surface area contributed by atoms with Gasteiger partial charge in [0.25, 0.3) is 5.91 Å². The highest BCUT2D eigenvalue weighted by atomic mass is 16.5. The summed E-state index contributed by atoms with van der Waals surface area (Å²) in [6, 6.07) is 16.1. The van der Waals surface area contributed by atoms with Crippen molar-refractivity contribution in [1.29, 1.82) is 0 Å². The van der Waals surface area contributed by atoms with Crippen LogP contribution in [0.1, 0.15) is 35.7 Å². The molecule has 0 aromatic heterocycles. The highest BCUT2D eigenvalue weighted by molar-refractivity contribution is 6.00. The van der Waals surface area contributed by atoms with Gasteiger partial charge in [-0.2, -0.15) is 10.1 Å². The molecule has 1 N–H and O–H groups in total. The van der Waals surface area contributed by atoms with E-state index in [4.69, 9.17) is 4.74 Å². The number of carbonyl (C=O) groups is 1. The molecule has 1 atom stereocenters. The number of hydrogen-bond donors (Lipinski definition) is 1. The monoisotopic (exact) mass is 324 g/mol. The van der Waals surface area contributed by atoms with Crippen LogP contribution in [0, 0.1) is 0 Å². The second-order valence-corrected chi connectivity index (χ2v) is 5.70. The highest BCUT2D eigenvalue weighted by Gasteiger charge is 2.46. The summed E-state index contributed by atoms with van der Waals surface area (Å²) in [5, 5.41) is 16.8. The van der Waals surface area contributed by atoms with Crippen LogP contribution in [0.15, 0.2) is 59.7 Å². The van der Waals surface area contributed by atoms with Crippen LogP contribution in [0.25, 0.3) is 0 Å². The van der Waals surface area contributed by atoms with Crippen molar-refractivity contribution in [3.05, 3.63) is 65.7 Å². The number of para-hydroxylation sites is 1. The molecule has 0 saturated carbocycles. The van der Waals surface area contributed by atoms with Crippen molar-refractivity contribution in [3.63, 3.8) is 0 Å². The van der Waals surface area contributed by atoms with E-state index in [1.807, 2.05) is 25.1 Å². The Hall–Kier alpha value is -2.66. The summed E-state index contributed by atoms with van der Waals surface area (Å²) in [7, 11) is 1.51. The zero-order valence-electron chi connectivity index (χ0n) is 13.8. The minimum atomic E-state index is -1.48. The van der Waals surface area contributed by atoms with Gasteiger partial charge < -0.3 is 9.84 Å². The molecule has 5 heteroatoms. The fraction of sp³-hybridized carbons (Fsp3) is 0.263. The molecule has 0 aliphatic carbocycles. The number of rotatable bonds is 4. The third-order valence-corrected chi connectivity index (χ3v) is 4.22. The van der Waals surface area contributed by atoms with Crippen LogP contribution in [0.5, 0.6) is 5.75 Å². The molecule has 0 radical (unpaired) electrons. The van der Waals surface area contributed by atoms with E-state index in [2.05, 4.69) is 5.10 Å². The van der Waals surface area contributed by atoms with E-state index >= 15 is 0 Å². The first-order chi connectivity index (χ1) is 11.6. The van der Waals surface area contributed by atoms with Crippen LogP contribution >= 0.6 is 0 Å². The van der Waals surface area contributed by atoms with Crippen LogP contribution in [0.2, 0.25) is 0 Å². The van der Waals surface area contributed by atoms with Gasteiger partial charge in [-0.25, -0.2) is 0 Å². The predicted molar refractivity (Wildman–Crippen MR) is 91.8 cm³/mol. The summed E-state index contributed by atoms with van der Waals surface area (Å²) in [6.45, 7) is 1.96. The number of carbonyl (C=O) groups excluding carboxylic acids is 1. The zero-order valence-corrected chi connectivity index (χ0v) is 13.8. The van der Waals surface area contributed by atoms with Gasteiger partial charge >= 0.3 is 0 Å². The Labute approximate surface area is 141 Å². The maximum absolute atomic E-state index is 13.1. The third-order valence-electron chi connectivity index (χ3n) is 4.22. The Kier molecular flexibility index (Phi) is 4.36. The lowest BCUT2D eigenvalue weighted by Gasteiger charge is -2.31. The first kappa shape index (κ1) is 16.2. The largest absolute Gasteiger partial charge is 0.496 e.